The van der Waals surface area contributed by atoms with E-state index in [0.29, 0.717) is 12.2 Å². The Morgan fingerprint density at radius 2 is 1.82 bits per heavy atom. The van der Waals surface area contributed by atoms with Crippen molar-refractivity contribution in [3.05, 3.63) is 65.2 Å². The van der Waals surface area contributed by atoms with E-state index in [9.17, 15) is 4.79 Å². The van der Waals surface area contributed by atoms with Gasteiger partial charge in [0.2, 0.25) is 0 Å². The smallest absolute Gasteiger partial charge is 0.277 e. The molecule has 0 bridgehead atoms. The van der Waals surface area contributed by atoms with Crippen LogP contribution in [0.25, 0.3) is 0 Å². The number of amides is 1. The third-order valence-electron chi connectivity index (χ3n) is 3.02. The van der Waals surface area contributed by atoms with E-state index in [1.54, 1.807) is 6.21 Å². The lowest BCUT2D eigenvalue weighted by molar-refractivity contribution is -0.123. The van der Waals surface area contributed by atoms with Crippen LogP contribution in [0, 0.1) is 13.8 Å². The van der Waals surface area contributed by atoms with Crippen molar-refractivity contribution in [2.24, 2.45) is 5.10 Å². The van der Waals surface area contributed by atoms with E-state index in [1.807, 2.05) is 56.3 Å². The highest BCUT2D eigenvalue weighted by Gasteiger charge is 2.02. The van der Waals surface area contributed by atoms with Crippen LogP contribution in [0.1, 0.15) is 16.7 Å². The maximum absolute atomic E-state index is 11.6. The standard InChI is InChI=1S/C18H20N2O2/c1-14-10-15(2)12-17(11-14)22-13-18(21)20-19-9-8-16-6-4-3-5-7-16/h3-7,9-12H,8,13H2,1-2H3,(H,20,21)/b19-9+. The lowest BCUT2D eigenvalue weighted by Crippen LogP contribution is -2.24. The Hall–Kier alpha value is -2.62. The summed E-state index contributed by atoms with van der Waals surface area (Å²) >= 11 is 0. The molecule has 0 aliphatic heterocycles. The fourth-order valence-electron chi connectivity index (χ4n) is 2.08. The summed E-state index contributed by atoms with van der Waals surface area (Å²) < 4.78 is 5.46. The molecule has 0 aliphatic rings. The predicted octanol–water partition coefficient (Wildman–Crippen LogP) is 3.03. The molecule has 114 valence electrons. The van der Waals surface area contributed by atoms with Crippen molar-refractivity contribution < 1.29 is 9.53 Å². The quantitative estimate of drug-likeness (QED) is 0.658. The van der Waals surface area contributed by atoms with Crippen LogP contribution in [0.4, 0.5) is 0 Å². The summed E-state index contributed by atoms with van der Waals surface area (Å²) in [5, 5.41) is 3.91. The third-order valence-corrected chi connectivity index (χ3v) is 3.02. The van der Waals surface area contributed by atoms with E-state index in [-0.39, 0.29) is 12.5 Å². The number of benzene rings is 2. The summed E-state index contributed by atoms with van der Waals surface area (Å²) in [6.45, 7) is 3.94. The molecule has 1 amide bonds. The molecule has 2 aromatic carbocycles. The highest BCUT2D eigenvalue weighted by Crippen LogP contribution is 2.15. The summed E-state index contributed by atoms with van der Waals surface area (Å²) in [5.41, 5.74) is 5.82. The lowest BCUT2D eigenvalue weighted by Gasteiger charge is -2.07. The average Bonchev–Trinajstić information content (AvgIpc) is 2.50. The molecular formula is C18H20N2O2. The minimum atomic E-state index is -0.275. The first kappa shape index (κ1) is 15.8. The summed E-state index contributed by atoms with van der Waals surface area (Å²) in [6.07, 6.45) is 2.35. The molecular weight excluding hydrogens is 276 g/mol. The van der Waals surface area contributed by atoms with Crippen LogP contribution in [-0.2, 0) is 11.2 Å². The van der Waals surface area contributed by atoms with E-state index in [0.717, 1.165) is 16.7 Å². The zero-order chi connectivity index (χ0) is 15.8. The van der Waals surface area contributed by atoms with Gasteiger partial charge >= 0.3 is 0 Å². The number of nitrogens with one attached hydrogen (secondary N) is 1. The molecule has 0 fully saturated rings. The first-order valence-corrected chi connectivity index (χ1v) is 7.19. The van der Waals surface area contributed by atoms with Gasteiger partial charge in [0.1, 0.15) is 5.75 Å². The van der Waals surface area contributed by atoms with Gasteiger partial charge in [-0.15, -0.1) is 0 Å². The summed E-state index contributed by atoms with van der Waals surface area (Å²) in [7, 11) is 0. The van der Waals surface area contributed by atoms with Gasteiger partial charge in [-0.25, -0.2) is 5.43 Å². The molecule has 2 aromatic rings. The van der Waals surface area contributed by atoms with E-state index in [1.165, 1.54) is 0 Å². The summed E-state index contributed by atoms with van der Waals surface area (Å²) in [4.78, 5) is 11.6. The van der Waals surface area contributed by atoms with E-state index in [4.69, 9.17) is 4.74 Å². The Kier molecular flexibility index (Phi) is 5.72. The van der Waals surface area contributed by atoms with Gasteiger partial charge < -0.3 is 4.74 Å². The van der Waals surface area contributed by atoms with Crippen LogP contribution in [-0.4, -0.2) is 18.7 Å². The molecule has 0 aromatic heterocycles. The minimum absolute atomic E-state index is 0.0500. The maximum atomic E-state index is 11.6. The van der Waals surface area contributed by atoms with E-state index in [2.05, 4.69) is 16.6 Å². The third kappa shape index (κ3) is 5.40. The van der Waals surface area contributed by atoms with Crippen molar-refractivity contribution in [2.75, 3.05) is 6.61 Å². The number of ether oxygens (including phenoxy) is 1. The number of rotatable bonds is 6. The average molecular weight is 296 g/mol. The predicted molar refractivity (Wildman–Crippen MR) is 88.2 cm³/mol. The van der Waals surface area contributed by atoms with Gasteiger partial charge in [0.15, 0.2) is 6.61 Å². The van der Waals surface area contributed by atoms with Crippen molar-refractivity contribution in [1.82, 2.24) is 5.43 Å². The number of hydrogen-bond acceptors (Lipinski definition) is 3. The Bertz CT molecular complexity index is 631. The van der Waals surface area contributed by atoms with E-state index < -0.39 is 0 Å². The van der Waals surface area contributed by atoms with Gasteiger partial charge in [-0.3, -0.25) is 4.79 Å². The molecule has 0 aliphatic carbocycles. The lowest BCUT2D eigenvalue weighted by atomic mass is 10.1. The molecule has 4 heteroatoms. The van der Waals surface area contributed by atoms with Crippen LogP contribution in [0.3, 0.4) is 0 Å². The van der Waals surface area contributed by atoms with Crippen LogP contribution in [0.2, 0.25) is 0 Å². The number of nitrogens with zero attached hydrogens (tertiary/aromatic N) is 1. The fourth-order valence-corrected chi connectivity index (χ4v) is 2.08. The molecule has 2 rings (SSSR count). The normalized spacial score (nSPS) is 10.6. The van der Waals surface area contributed by atoms with Gasteiger partial charge in [0.05, 0.1) is 0 Å². The van der Waals surface area contributed by atoms with Crippen LogP contribution in [0.15, 0.2) is 53.6 Å². The molecule has 0 atom stereocenters. The zero-order valence-corrected chi connectivity index (χ0v) is 12.9. The Balaban J connectivity index is 1.74. The SMILES string of the molecule is Cc1cc(C)cc(OCC(=O)N/N=C/Cc2ccccc2)c1. The molecule has 0 heterocycles. The van der Waals surface area contributed by atoms with Crippen molar-refractivity contribution in [3.8, 4) is 5.75 Å². The monoisotopic (exact) mass is 296 g/mol. The van der Waals surface area contributed by atoms with E-state index >= 15 is 0 Å². The van der Waals surface area contributed by atoms with Crippen LogP contribution < -0.4 is 10.2 Å². The van der Waals surface area contributed by atoms with Gasteiger partial charge in [0.25, 0.3) is 5.91 Å². The molecule has 0 unspecified atom stereocenters. The molecule has 4 nitrogen and oxygen atoms in total. The van der Waals surface area contributed by atoms with Gasteiger partial charge in [-0.1, -0.05) is 36.4 Å². The number of hydrogen-bond donors (Lipinski definition) is 1. The van der Waals surface area contributed by atoms with Crippen molar-refractivity contribution in [3.63, 3.8) is 0 Å². The molecule has 1 N–H and O–H groups in total. The number of carbonyl (C=O) groups excluding carboxylic acids is 1. The summed E-state index contributed by atoms with van der Waals surface area (Å²) in [6, 6.07) is 15.8. The fraction of sp³-hybridized carbons (Fsp3) is 0.222. The van der Waals surface area contributed by atoms with Gasteiger partial charge in [-0.05, 0) is 42.7 Å². The van der Waals surface area contributed by atoms with Crippen LogP contribution in [0.5, 0.6) is 5.75 Å². The van der Waals surface area contributed by atoms with Crippen molar-refractivity contribution in [2.45, 2.75) is 20.3 Å². The van der Waals surface area contributed by atoms with Gasteiger partial charge in [-0.2, -0.15) is 5.10 Å². The highest BCUT2D eigenvalue weighted by molar-refractivity contribution is 5.78. The van der Waals surface area contributed by atoms with Crippen molar-refractivity contribution >= 4 is 12.1 Å². The topological polar surface area (TPSA) is 50.7 Å². The number of carbonyl (C=O) groups is 1. The second kappa shape index (κ2) is 7.98. The van der Waals surface area contributed by atoms with Gasteiger partial charge in [0, 0.05) is 12.6 Å². The second-order valence-electron chi connectivity index (χ2n) is 5.15. The first-order chi connectivity index (χ1) is 10.6. The molecule has 0 saturated carbocycles. The second-order valence-corrected chi connectivity index (χ2v) is 5.15. The molecule has 0 spiro atoms. The largest absolute Gasteiger partial charge is 0.484 e. The van der Waals surface area contributed by atoms with Crippen LogP contribution >= 0.6 is 0 Å². The molecule has 0 radical (unpaired) electrons. The molecule has 0 saturated heterocycles. The van der Waals surface area contributed by atoms with Crippen molar-refractivity contribution in [1.29, 1.82) is 0 Å². The summed E-state index contributed by atoms with van der Waals surface area (Å²) in [5.74, 6) is 0.421. The Morgan fingerprint density at radius 1 is 1.14 bits per heavy atom. The highest BCUT2D eigenvalue weighted by atomic mass is 16.5. The number of aryl methyl sites for hydroxylation is 2. The first-order valence-electron chi connectivity index (χ1n) is 7.19. The number of hydrazone groups is 1. The zero-order valence-electron chi connectivity index (χ0n) is 12.9. The Labute approximate surface area is 130 Å². The minimum Gasteiger partial charge on any atom is -0.484 e. The Morgan fingerprint density at radius 3 is 2.50 bits per heavy atom. The molecule has 22 heavy (non-hydrogen) atoms. The maximum Gasteiger partial charge on any atom is 0.277 e.